The number of anilines is 1. The fourth-order valence-corrected chi connectivity index (χ4v) is 3.37. The van der Waals surface area contributed by atoms with Crippen molar-refractivity contribution in [2.75, 3.05) is 38.0 Å². The molecular formula is C19H21Cl2N3O. The van der Waals surface area contributed by atoms with Crippen molar-refractivity contribution < 1.29 is 4.79 Å². The molecule has 0 aromatic heterocycles. The lowest BCUT2D eigenvalue weighted by atomic mass is 10.2. The summed E-state index contributed by atoms with van der Waals surface area (Å²) in [7, 11) is 0. The number of nitrogens with one attached hydrogen (secondary N) is 1. The first kappa shape index (κ1) is 18.2. The third-order valence-corrected chi connectivity index (χ3v) is 4.71. The Balaban J connectivity index is 1.43. The molecule has 0 radical (unpaired) electrons. The highest BCUT2D eigenvalue weighted by molar-refractivity contribution is 6.31. The molecule has 25 heavy (non-hydrogen) atoms. The van der Waals surface area contributed by atoms with Crippen LogP contribution in [0.2, 0.25) is 10.0 Å². The van der Waals surface area contributed by atoms with Crippen molar-refractivity contribution in [3.05, 3.63) is 64.1 Å². The molecule has 4 nitrogen and oxygen atoms in total. The quantitative estimate of drug-likeness (QED) is 0.861. The summed E-state index contributed by atoms with van der Waals surface area (Å²) in [5.74, 6) is -0.00874. The molecule has 1 aliphatic heterocycles. The maximum Gasteiger partial charge on any atom is 0.238 e. The van der Waals surface area contributed by atoms with E-state index in [-0.39, 0.29) is 5.91 Å². The molecule has 0 atom stereocenters. The van der Waals surface area contributed by atoms with Gasteiger partial charge in [-0.05, 0) is 35.9 Å². The molecular weight excluding hydrogens is 357 g/mol. The largest absolute Gasteiger partial charge is 0.325 e. The summed E-state index contributed by atoms with van der Waals surface area (Å²) < 4.78 is 0. The lowest BCUT2D eigenvalue weighted by Gasteiger charge is -2.34. The van der Waals surface area contributed by atoms with Gasteiger partial charge in [0, 0.05) is 48.5 Å². The minimum absolute atomic E-state index is 0.00874. The number of amides is 1. The van der Waals surface area contributed by atoms with Crippen molar-refractivity contribution in [3.63, 3.8) is 0 Å². The van der Waals surface area contributed by atoms with Crippen LogP contribution in [0.15, 0.2) is 48.5 Å². The summed E-state index contributed by atoms with van der Waals surface area (Å²) in [5, 5.41) is 4.28. The monoisotopic (exact) mass is 377 g/mol. The summed E-state index contributed by atoms with van der Waals surface area (Å²) in [5.41, 5.74) is 1.96. The van der Waals surface area contributed by atoms with Gasteiger partial charge >= 0.3 is 0 Å². The highest BCUT2D eigenvalue weighted by Crippen LogP contribution is 2.16. The molecule has 2 aromatic carbocycles. The lowest BCUT2D eigenvalue weighted by Crippen LogP contribution is -2.48. The standard InChI is InChI=1S/C19H21Cl2N3O/c20-16-4-1-3-15(11-16)13-23-7-9-24(10-8-23)14-19(25)22-18-6-2-5-17(21)12-18/h1-6,11-12H,7-10,13-14H2,(H,22,25). The van der Waals surface area contributed by atoms with Gasteiger partial charge in [-0.1, -0.05) is 41.4 Å². The molecule has 1 amide bonds. The fourth-order valence-electron chi connectivity index (χ4n) is 2.97. The lowest BCUT2D eigenvalue weighted by molar-refractivity contribution is -0.117. The summed E-state index contributed by atoms with van der Waals surface area (Å²) in [6.07, 6.45) is 0. The van der Waals surface area contributed by atoms with E-state index in [1.165, 1.54) is 5.56 Å². The number of hydrogen-bond donors (Lipinski definition) is 1. The highest BCUT2D eigenvalue weighted by Gasteiger charge is 2.19. The van der Waals surface area contributed by atoms with Crippen molar-refractivity contribution in [1.29, 1.82) is 0 Å². The Morgan fingerprint density at radius 2 is 1.56 bits per heavy atom. The average Bonchev–Trinajstić information content (AvgIpc) is 2.57. The van der Waals surface area contributed by atoms with E-state index in [1.807, 2.05) is 30.3 Å². The minimum atomic E-state index is -0.00874. The number of halogens is 2. The predicted octanol–water partition coefficient (Wildman–Crippen LogP) is 3.75. The smallest absolute Gasteiger partial charge is 0.238 e. The van der Waals surface area contributed by atoms with Crippen LogP contribution in [0.1, 0.15) is 5.56 Å². The highest BCUT2D eigenvalue weighted by atomic mass is 35.5. The molecule has 1 fully saturated rings. The predicted molar refractivity (Wildman–Crippen MR) is 103 cm³/mol. The number of hydrogen-bond acceptors (Lipinski definition) is 3. The van der Waals surface area contributed by atoms with Crippen LogP contribution in [-0.2, 0) is 11.3 Å². The Bertz CT molecular complexity index is 730. The first-order valence-corrected chi connectivity index (χ1v) is 9.09. The van der Waals surface area contributed by atoms with Crippen molar-refractivity contribution in [2.24, 2.45) is 0 Å². The van der Waals surface area contributed by atoms with Gasteiger partial charge < -0.3 is 5.32 Å². The van der Waals surface area contributed by atoms with Gasteiger partial charge in [0.2, 0.25) is 5.91 Å². The summed E-state index contributed by atoms with van der Waals surface area (Å²) in [6.45, 7) is 4.93. The van der Waals surface area contributed by atoms with Crippen LogP contribution in [0.4, 0.5) is 5.69 Å². The topological polar surface area (TPSA) is 35.6 Å². The summed E-state index contributed by atoms with van der Waals surface area (Å²) in [4.78, 5) is 16.7. The number of rotatable bonds is 5. The maximum absolute atomic E-state index is 12.2. The molecule has 3 rings (SSSR count). The van der Waals surface area contributed by atoms with Gasteiger partial charge in [0.25, 0.3) is 0 Å². The van der Waals surface area contributed by atoms with E-state index in [2.05, 4.69) is 21.2 Å². The van der Waals surface area contributed by atoms with Crippen molar-refractivity contribution >= 4 is 34.8 Å². The van der Waals surface area contributed by atoms with E-state index in [4.69, 9.17) is 23.2 Å². The third kappa shape index (κ3) is 5.72. The van der Waals surface area contributed by atoms with E-state index in [0.29, 0.717) is 11.6 Å². The van der Waals surface area contributed by atoms with Gasteiger partial charge in [-0.2, -0.15) is 0 Å². The Morgan fingerprint density at radius 3 is 2.24 bits per heavy atom. The van der Waals surface area contributed by atoms with Crippen LogP contribution < -0.4 is 5.32 Å². The van der Waals surface area contributed by atoms with E-state index >= 15 is 0 Å². The van der Waals surface area contributed by atoms with Gasteiger partial charge in [0.1, 0.15) is 0 Å². The van der Waals surface area contributed by atoms with Crippen LogP contribution in [0.25, 0.3) is 0 Å². The Labute approximate surface area is 158 Å². The van der Waals surface area contributed by atoms with E-state index in [0.717, 1.165) is 43.4 Å². The molecule has 2 aromatic rings. The first-order valence-electron chi connectivity index (χ1n) is 8.33. The average molecular weight is 378 g/mol. The normalized spacial score (nSPS) is 15.9. The van der Waals surface area contributed by atoms with Crippen LogP contribution in [-0.4, -0.2) is 48.4 Å². The third-order valence-electron chi connectivity index (χ3n) is 4.24. The zero-order chi connectivity index (χ0) is 17.6. The molecule has 6 heteroatoms. The maximum atomic E-state index is 12.2. The molecule has 1 heterocycles. The molecule has 1 saturated heterocycles. The number of nitrogens with zero attached hydrogens (tertiary/aromatic N) is 2. The van der Waals surface area contributed by atoms with Gasteiger partial charge in [-0.15, -0.1) is 0 Å². The van der Waals surface area contributed by atoms with Crippen molar-refractivity contribution in [3.8, 4) is 0 Å². The molecule has 132 valence electrons. The van der Waals surface area contributed by atoms with Gasteiger partial charge in [0.05, 0.1) is 6.54 Å². The van der Waals surface area contributed by atoms with Crippen molar-refractivity contribution in [2.45, 2.75) is 6.54 Å². The van der Waals surface area contributed by atoms with Crippen LogP contribution in [0.5, 0.6) is 0 Å². The fraction of sp³-hybridized carbons (Fsp3) is 0.316. The Kier molecular flexibility index (Phi) is 6.32. The van der Waals surface area contributed by atoms with Crippen LogP contribution in [0.3, 0.4) is 0 Å². The molecule has 0 unspecified atom stereocenters. The Hall–Kier alpha value is -1.59. The molecule has 0 bridgehead atoms. The zero-order valence-electron chi connectivity index (χ0n) is 13.9. The molecule has 1 aliphatic rings. The number of piperazine rings is 1. The molecule has 0 spiro atoms. The number of carbonyl (C=O) groups excluding carboxylic acids is 1. The van der Waals surface area contributed by atoms with E-state index in [9.17, 15) is 4.79 Å². The van der Waals surface area contributed by atoms with Gasteiger partial charge in [0.15, 0.2) is 0 Å². The summed E-state index contributed by atoms with van der Waals surface area (Å²) >= 11 is 12.0. The second kappa shape index (κ2) is 8.68. The molecule has 1 N–H and O–H groups in total. The number of benzene rings is 2. The minimum Gasteiger partial charge on any atom is -0.325 e. The second-order valence-corrected chi connectivity index (χ2v) is 7.11. The summed E-state index contributed by atoms with van der Waals surface area (Å²) in [6, 6.07) is 15.2. The zero-order valence-corrected chi connectivity index (χ0v) is 15.4. The molecule has 0 aliphatic carbocycles. The van der Waals surface area contributed by atoms with Gasteiger partial charge in [-0.25, -0.2) is 0 Å². The first-order chi connectivity index (χ1) is 12.1. The van der Waals surface area contributed by atoms with Crippen LogP contribution in [0, 0.1) is 0 Å². The number of carbonyl (C=O) groups is 1. The molecule has 0 saturated carbocycles. The van der Waals surface area contributed by atoms with Gasteiger partial charge in [-0.3, -0.25) is 14.6 Å². The SMILES string of the molecule is O=C(CN1CCN(Cc2cccc(Cl)c2)CC1)Nc1cccc(Cl)c1. The van der Waals surface area contributed by atoms with Crippen molar-refractivity contribution in [1.82, 2.24) is 9.80 Å². The van der Waals surface area contributed by atoms with Crippen LogP contribution >= 0.6 is 23.2 Å². The van der Waals surface area contributed by atoms with E-state index < -0.39 is 0 Å². The Morgan fingerprint density at radius 1 is 0.920 bits per heavy atom. The second-order valence-electron chi connectivity index (χ2n) is 6.24. The van der Waals surface area contributed by atoms with E-state index in [1.54, 1.807) is 12.1 Å².